The predicted molar refractivity (Wildman–Crippen MR) is 155 cm³/mol. The monoisotopic (exact) mass is 584 g/mol. The standard InChI is InChI=1S/C28H26Cl2N4O4S/c1-19-15-21(20(2)34(19)22-13-14-24(29)25(30)16-22)17-31-32-28(35)18-33(26-11-7-8-12-27(26)38-3)39(36,37)23-9-5-4-6-10-23/h4-17H,18H2,1-3H3,(H,32,35)/b31-17+. The third-order valence-electron chi connectivity index (χ3n) is 6.00. The minimum atomic E-state index is -4.09. The van der Waals surface area contributed by atoms with Crippen LogP contribution in [0.25, 0.3) is 5.69 Å². The summed E-state index contributed by atoms with van der Waals surface area (Å²) in [5.41, 5.74) is 6.06. The number of aromatic nitrogens is 1. The number of nitrogens with one attached hydrogen (secondary N) is 1. The molecule has 0 saturated heterocycles. The van der Waals surface area contributed by atoms with Crippen LogP contribution in [0.3, 0.4) is 0 Å². The first-order valence-corrected chi connectivity index (χ1v) is 14.0. The molecular formula is C28H26Cl2N4O4S. The third kappa shape index (κ3) is 6.11. The summed E-state index contributed by atoms with van der Waals surface area (Å²) in [6.45, 7) is 3.33. The highest BCUT2D eigenvalue weighted by Gasteiger charge is 2.29. The van der Waals surface area contributed by atoms with Gasteiger partial charge < -0.3 is 9.30 Å². The Hall–Kier alpha value is -3.79. The average Bonchev–Trinajstić information content (AvgIpc) is 3.21. The largest absolute Gasteiger partial charge is 0.495 e. The molecule has 0 aliphatic heterocycles. The third-order valence-corrected chi connectivity index (χ3v) is 8.51. The van der Waals surface area contributed by atoms with Crippen LogP contribution in [-0.4, -0.2) is 38.8 Å². The van der Waals surface area contributed by atoms with E-state index in [1.807, 2.05) is 30.5 Å². The molecule has 0 aliphatic rings. The van der Waals surface area contributed by atoms with Crippen molar-refractivity contribution in [1.82, 2.24) is 9.99 Å². The van der Waals surface area contributed by atoms with Gasteiger partial charge in [0.15, 0.2) is 0 Å². The fraction of sp³-hybridized carbons (Fsp3) is 0.143. The lowest BCUT2D eigenvalue weighted by Crippen LogP contribution is -2.39. The van der Waals surface area contributed by atoms with Gasteiger partial charge in [0.25, 0.3) is 15.9 Å². The van der Waals surface area contributed by atoms with Crippen LogP contribution in [-0.2, 0) is 14.8 Å². The second kappa shape index (κ2) is 11.9. The predicted octanol–water partition coefficient (Wildman–Crippen LogP) is 5.76. The highest BCUT2D eigenvalue weighted by molar-refractivity contribution is 7.92. The number of carbonyl (C=O) groups is 1. The van der Waals surface area contributed by atoms with E-state index >= 15 is 0 Å². The van der Waals surface area contributed by atoms with Crippen LogP contribution in [0.4, 0.5) is 5.69 Å². The smallest absolute Gasteiger partial charge is 0.264 e. The fourth-order valence-electron chi connectivity index (χ4n) is 4.13. The van der Waals surface area contributed by atoms with Gasteiger partial charge in [-0.2, -0.15) is 5.10 Å². The number of hydrazone groups is 1. The van der Waals surface area contributed by atoms with E-state index in [-0.39, 0.29) is 10.6 Å². The van der Waals surface area contributed by atoms with Gasteiger partial charge in [-0.3, -0.25) is 9.10 Å². The molecule has 0 radical (unpaired) electrons. The van der Waals surface area contributed by atoms with E-state index in [9.17, 15) is 13.2 Å². The molecule has 0 saturated carbocycles. The Bertz CT molecular complexity index is 1640. The Labute approximate surface area is 237 Å². The van der Waals surface area contributed by atoms with E-state index < -0.39 is 22.5 Å². The SMILES string of the molecule is COc1ccccc1N(CC(=O)N/N=C/c1cc(C)n(-c2ccc(Cl)c(Cl)c2)c1C)S(=O)(=O)c1ccccc1. The second-order valence-electron chi connectivity index (χ2n) is 8.55. The zero-order valence-corrected chi connectivity index (χ0v) is 23.8. The molecule has 0 atom stereocenters. The summed E-state index contributed by atoms with van der Waals surface area (Å²) in [6, 6.07) is 21.7. The maximum absolute atomic E-state index is 13.5. The van der Waals surface area contributed by atoms with Gasteiger partial charge in [-0.15, -0.1) is 0 Å². The van der Waals surface area contributed by atoms with E-state index in [1.165, 1.54) is 25.5 Å². The average molecular weight is 586 g/mol. The summed E-state index contributed by atoms with van der Waals surface area (Å²) in [6.07, 6.45) is 1.51. The van der Waals surface area contributed by atoms with Crippen molar-refractivity contribution in [1.29, 1.82) is 0 Å². The molecule has 8 nitrogen and oxygen atoms in total. The van der Waals surface area contributed by atoms with E-state index in [0.717, 1.165) is 26.9 Å². The number of methoxy groups -OCH3 is 1. The molecular weight excluding hydrogens is 559 g/mol. The number of carbonyl (C=O) groups excluding carboxylic acids is 1. The normalized spacial score (nSPS) is 11.5. The molecule has 1 heterocycles. The molecule has 39 heavy (non-hydrogen) atoms. The van der Waals surface area contributed by atoms with Crippen molar-refractivity contribution in [3.8, 4) is 11.4 Å². The molecule has 202 valence electrons. The zero-order chi connectivity index (χ0) is 28.2. The summed E-state index contributed by atoms with van der Waals surface area (Å²) in [4.78, 5) is 13.0. The highest BCUT2D eigenvalue weighted by Crippen LogP contribution is 2.32. The number of ether oxygens (including phenoxy) is 1. The summed E-state index contributed by atoms with van der Waals surface area (Å²) >= 11 is 12.3. The number of rotatable bonds is 9. The van der Waals surface area contributed by atoms with Crippen LogP contribution in [0.2, 0.25) is 10.0 Å². The minimum absolute atomic E-state index is 0.0435. The van der Waals surface area contributed by atoms with Gasteiger partial charge in [-0.05, 0) is 62.4 Å². The maximum atomic E-state index is 13.5. The van der Waals surface area contributed by atoms with Gasteiger partial charge >= 0.3 is 0 Å². The number of anilines is 1. The highest BCUT2D eigenvalue weighted by atomic mass is 35.5. The summed E-state index contributed by atoms with van der Waals surface area (Å²) in [5, 5.41) is 4.99. The van der Waals surface area contributed by atoms with Gasteiger partial charge in [-0.1, -0.05) is 53.5 Å². The lowest BCUT2D eigenvalue weighted by atomic mass is 10.2. The van der Waals surface area contributed by atoms with Crippen LogP contribution >= 0.6 is 23.2 Å². The first-order valence-electron chi connectivity index (χ1n) is 11.8. The number of nitrogens with zero attached hydrogens (tertiary/aromatic N) is 3. The number of hydrogen-bond donors (Lipinski definition) is 1. The summed E-state index contributed by atoms with van der Waals surface area (Å²) < 4.78 is 35.4. The van der Waals surface area contributed by atoms with Crippen LogP contribution in [0.1, 0.15) is 17.0 Å². The van der Waals surface area contributed by atoms with Crippen molar-refractivity contribution in [2.75, 3.05) is 18.0 Å². The molecule has 4 aromatic rings. The van der Waals surface area contributed by atoms with Crippen molar-refractivity contribution >= 4 is 51.0 Å². The molecule has 0 aliphatic carbocycles. The quantitative estimate of drug-likeness (QED) is 0.200. The number of amides is 1. The fourth-order valence-corrected chi connectivity index (χ4v) is 5.88. The van der Waals surface area contributed by atoms with Gasteiger partial charge in [0.1, 0.15) is 12.3 Å². The van der Waals surface area contributed by atoms with Gasteiger partial charge in [0.2, 0.25) is 0 Å². The Morgan fingerprint density at radius 1 is 1.00 bits per heavy atom. The Morgan fingerprint density at radius 3 is 2.38 bits per heavy atom. The van der Waals surface area contributed by atoms with Crippen LogP contribution in [0.5, 0.6) is 5.75 Å². The summed E-state index contributed by atoms with van der Waals surface area (Å²) in [5.74, 6) is -0.321. The molecule has 0 bridgehead atoms. The number of aryl methyl sites for hydroxylation is 1. The zero-order valence-electron chi connectivity index (χ0n) is 21.4. The van der Waals surface area contributed by atoms with Crippen molar-refractivity contribution in [2.24, 2.45) is 5.10 Å². The van der Waals surface area contributed by atoms with Gasteiger partial charge in [0.05, 0.1) is 34.0 Å². The molecule has 0 unspecified atom stereocenters. The number of benzene rings is 3. The Balaban J connectivity index is 1.57. The minimum Gasteiger partial charge on any atom is -0.495 e. The summed E-state index contributed by atoms with van der Waals surface area (Å²) in [7, 11) is -2.65. The van der Waals surface area contributed by atoms with Crippen LogP contribution in [0.15, 0.2) is 88.9 Å². The molecule has 4 rings (SSSR count). The number of halogens is 2. The topological polar surface area (TPSA) is 93.0 Å². The van der Waals surface area contributed by atoms with Crippen molar-refractivity contribution < 1.29 is 17.9 Å². The number of hydrogen-bond acceptors (Lipinski definition) is 5. The first kappa shape index (κ1) is 28.2. The Kier molecular flexibility index (Phi) is 8.64. The maximum Gasteiger partial charge on any atom is 0.264 e. The van der Waals surface area contributed by atoms with Crippen molar-refractivity contribution in [3.05, 3.63) is 106 Å². The van der Waals surface area contributed by atoms with Crippen molar-refractivity contribution in [2.45, 2.75) is 18.7 Å². The molecule has 0 spiro atoms. The first-order chi connectivity index (χ1) is 18.6. The molecule has 0 fully saturated rings. The van der Waals surface area contributed by atoms with Gasteiger partial charge in [-0.25, -0.2) is 13.8 Å². The van der Waals surface area contributed by atoms with E-state index in [2.05, 4.69) is 10.5 Å². The molecule has 11 heteroatoms. The van der Waals surface area contributed by atoms with E-state index in [0.29, 0.717) is 15.8 Å². The number of sulfonamides is 1. The lowest BCUT2D eigenvalue weighted by molar-refractivity contribution is -0.119. The second-order valence-corrected chi connectivity index (χ2v) is 11.2. The number of para-hydroxylation sites is 2. The molecule has 3 aromatic carbocycles. The van der Waals surface area contributed by atoms with Crippen LogP contribution < -0.4 is 14.5 Å². The van der Waals surface area contributed by atoms with E-state index in [1.54, 1.807) is 54.6 Å². The van der Waals surface area contributed by atoms with E-state index in [4.69, 9.17) is 27.9 Å². The molecule has 1 aromatic heterocycles. The molecule has 1 amide bonds. The molecule has 1 N–H and O–H groups in total. The van der Waals surface area contributed by atoms with Crippen molar-refractivity contribution in [3.63, 3.8) is 0 Å². The Morgan fingerprint density at radius 2 is 1.69 bits per heavy atom. The lowest BCUT2D eigenvalue weighted by Gasteiger charge is -2.25. The van der Waals surface area contributed by atoms with Crippen LogP contribution in [0, 0.1) is 13.8 Å². The van der Waals surface area contributed by atoms with Gasteiger partial charge in [0, 0.05) is 22.6 Å².